The molecule has 2 nitrogen and oxygen atoms in total. The van der Waals surface area contributed by atoms with Crippen LogP contribution in [0.25, 0.3) is 0 Å². The molecule has 1 aliphatic carbocycles. The average Bonchev–Trinajstić information content (AvgIpc) is 2.98. The van der Waals surface area contributed by atoms with Crippen molar-refractivity contribution in [3.63, 3.8) is 0 Å². The summed E-state index contributed by atoms with van der Waals surface area (Å²) in [6, 6.07) is 13.1. The molecule has 0 spiro atoms. The van der Waals surface area contributed by atoms with Crippen molar-refractivity contribution in [2.24, 2.45) is 5.92 Å². The molecular formula is C15H17NO. The van der Waals surface area contributed by atoms with Crippen molar-refractivity contribution in [2.45, 2.75) is 18.9 Å². The van der Waals surface area contributed by atoms with Crippen molar-refractivity contribution < 1.29 is 4.42 Å². The lowest BCUT2D eigenvalue weighted by Crippen LogP contribution is -2.25. The third kappa shape index (κ3) is 1.89. The highest BCUT2D eigenvalue weighted by molar-refractivity contribution is 5.33. The number of nitrogens with one attached hydrogen (secondary N) is 1. The number of hydrogen-bond donors (Lipinski definition) is 1. The lowest BCUT2D eigenvalue weighted by atomic mass is 9.95. The standard InChI is InChI=1S/C15H17NO/c1-16-15(14-7-4-8-17-14)13-9-11-5-2-3-6-12(11)10-13/h2-8,13,15-16H,9-10H2,1H3. The van der Waals surface area contributed by atoms with E-state index in [-0.39, 0.29) is 0 Å². The fourth-order valence-electron chi connectivity index (χ4n) is 2.91. The number of furan rings is 1. The predicted molar refractivity (Wildman–Crippen MR) is 67.8 cm³/mol. The SMILES string of the molecule is CNC(c1ccco1)C1Cc2ccccc2C1. The topological polar surface area (TPSA) is 25.2 Å². The molecule has 88 valence electrons. The van der Waals surface area contributed by atoms with E-state index in [0.717, 1.165) is 18.6 Å². The summed E-state index contributed by atoms with van der Waals surface area (Å²) in [5.74, 6) is 1.65. The zero-order valence-corrected chi connectivity index (χ0v) is 10.0. The fourth-order valence-corrected chi connectivity index (χ4v) is 2.91. The highest BCUT2D eigenvalue weighted by atomic mass is 16.3. The van der Waals surface area contributed by atoms with Crippen molar-refractivity contribution in [2.75, 3.05) is 7.05 Å². The van der Waals surface area contributed by atoms with Crippen LogP contribution in [0.2, 0.25) is 0 Å². The zero-order valence-electron chi connectivity index (χ0n) is 10.0. The summed E-state index contributed by atoms with van der Waals surface area (Å²) >= 11 is 0. The number of hydrogen-bond acceptors (Lipinski definition) is 2. The van der Waals surface area contributed by atoms with Crippen LogP contribution in [-0.2, 0) is 12.8 Å². The van der Waals surface area contributed by atoms with Gasteiger partial charge in [-0.2, -0.15) is 0 Å². The van der Waals surface area contributed by atoms with Crippen molar-refractivity contribution in [3.8, 4) is 0 Å². The minimum Gasteiger partial charge on any atom is -0.468 e. The van der Waals surface area contributed by atoms with Gasteiger partial charge in [0.15, 0.2) is 0 Å². The summed E-state index contributed by atoms with van der Waals surface area (Å²) in [7, 11) is 2.01. The van der Waals surface area contributed by atoms with Crippen LogP contribution >= 0.6 is 0 Å². The second kappa shape index (κ2) is 4.38. The Morgan fingerprint density at radius 3 is 2.35 bits per heavy atom. The third-order valence-corrected chi connectivity index (χ3v) is 3.71. The number of rotatable bonds is 3. The van der Waals surface area contributed by atoms with Crippen LogP contribution in [0.3, 0.4) is 0 Å². The van der Waals surface area contributed by atoms with E-state index in [9.17, 15) is 0 Å². The van der Waals surface area contributed by atoms with Gasteiger partial charge >= 0.3 is 0 Å². The van der Waals surface area contributed by atoms with Gasteiger partial charge in [-0.1, -0.05) is 24.3 Å². The Bertz CT molecular complexity index is 464. The maximum Gasteiger partial charge on any atom is 0.120 e. The molecule has 0 bridgehead atoms. The molecule has 1 atom stereocenters. The molecule has 0 amide bonds. The monoisotopic (exact) mass is 227 g/mol. The van der Waals surface area contributed by atoms with Gasteiger partial charge in [0.25, 0.3) is 0 Å². The van der Waals surface area contributed by atoms with E-state index in [1.807, 2.05) is 13.1 Å². The zero-order chi connectivity index (χ0) is 11.7. The van der Waals surface area contributed by atoms with Crippen LogP contribution in [0.4, 0.5) is 0 Å². The van der Waals surface area contributed by atoms with Crippen molar-refractivity contribution in [3.05, 3.63) is 59.5 Å². The molecule has 1 unspecified atom stereocenters. The second-order valence-electron chi connectivity index (χ2n) is 4.72. The Balaban J connectivity index is 1.83. The van der Waals surface area contributed by atoms with E-state index in [0.29, 0.717) is 12.0 Å². The van der Waals surface area contributed by atoms with Gasteiger partial charge in [0.05, 0.1) is 12.3 Å². The molecular weight excluding hydrogens is 210 g/mol. The molecule has 2 aromatic rings. The molecule has 2 heteroatoms. The first-order valence-corrected chi connectivity index (χ1v) is 6.16. The number of benzene rings is 1. The second-order valence-corrected chi connectivity index (χ2v) is 4.72. The van der Waals surface area contributed by atoms with E-state index in [4.69, 9.17) is 4.42 Å². The number of fused-ring (bicyclic) bond motifs is 1. The molecule has 1 aromatic carbocycles. The maximum absolute atomic E-state index is 5.54. The largest absolute Gasteiger partial charge is 0.468 e. The van der Waals surface area contributed by atoms with Crippen LogP contribution in [0.1, 0.15) is 22.9 Å². The van der Waals surface area contributed by atoms with Gasteiger partial charge in [0.1, 0.15) is 5.76 Å². The summed E-state index contributed by atoms with van der Waals surface area (Å²) in [6.45, 7) is 0. The Kier molecular flexibility index (Phi) is 2.73. The van der Waals surface area contributed by atoms with Crippen LogP contribution in [0.15, 0.2) is 47.1 Å². The summed E-state index contributed by atoms with van der Waals surface area (Å²) in [5, 5.41) is 3.39. The minimum atomic E-state index is 0.317. The van der Waals surface area contributed by atoms with E-state index < -0.39 is 0 Å². The highest BCUT2D eigenvalue weighted by Gasteiger charge is 2.29. The molecule has 1 aromatic heterocycles. The first-order chi connectivity index (χ1) is 8.38. The lowest BCUT2D eigenvalue weighted by molar-refractivity contribution is 0.333. The van der Waals surface area contributed by atoms with E-state index in [1.54, 1.807) is 6.26 Å². The van der Waals surface area contributed by atoms with Gasteiger partial charge in [-0.3, -0.25) is 0 Å². The van der Waals surface area contributed by atoms with E-state index >= 15 is 0 Å². The van der Waals surface area contributed by atoms with Gasteiger partial charge in [-0.15, -0.1) is 0 Å². The molecule has 17 heavy (non-hydrogen) atoms. The third-order valence-electron chi connectivity index (χ3n) is 3.71. The van der Waals surface area contributed by atoms with Gasteiger partial charge in [-0.25, -0.2) is 0 Å². The van der Waals surface area contributed by atoms with E-state index in [2.05, 4.69) is 35.6 Å². The molecule has 0 saturated heterocycles. The van der Waals surface area contributed by atoms with Gasteiger partial charge < -0.3 is 9.73 Å². The van der Waals surface area contributed by atoms with Crippen molar-refractivity contribution in [1.82, 2.24) is 5.32 Å². The Labute approximate surface area is 102 Å². The molecule has 1 N–H and O–H groups in total. The molecule has 3 rings (SSSR count). The van der Waals surface area contributed by atoms with E-state index in [1.165, 1.54) is 11.1 Å². The lowest BCUT2D eigenvalue weighted by Gasteiger charge is -2.20. The normalized spacial score (nSPS) is 17.0. The molecule has 0 aliphatic heterocycles. The molecule has 0 fully saturated rings. The van der Waals surface area contributed by atoms with Crippen molar-refractivity contribution in [1.29, 1.82) is 0 Å². The highest BCUT2D eigenvalue weighted by Crippen LogP contribution is 2.35. The smallest absolute Gasteiger partial charge is 0.120 e. The Hall–Kier alpha value is -1.54. The first-order valence-electron chi connectivity index (χ1n) is 6.16. The molecule has 1 aliphatic rings. The quantitative estimate of drug-likeness (QED) is 0.872. The fraction of sp³-hybridized carbons (Fsp3) is 0.333. The first kappa shape index (κ1) is 10.6. The average molecular weight is 227 g/mol. The van der Waals surface area contributed by atoms with Gasteiger partial charge in [0, 0.05) is 0 Å². The van der Waals surface area contributed by atoms with Gasteiger partial charge in [-0.05, 0) is 49.1 Å². The summed E-state index contributed by atoms with van der Waals surface area (Å²) in [6.07, 6.45) is 4.03. The predicted octanol–water partition coefficient (Wildman–Crippen LogP) is 2.96. The van der Waals surface area contributed by atoms with Crippen LogP contribution in [0, 0.1) is 5.92 Å². The van der Waals surface area contributed by atoms with Crippen molar-refractivity contribution >= 4 is 0 Å². The van der Waals surface area contributed by atoms with Crippen LogP contribution < -0.4 is 5.32 Å². The molecule has 0 saturated carbocycles. The minimum absolute atomic E-state index is 0.317. The maximum atomic E-state index is 5.54. The molecule has 1 heterocycles. The summed E-state index contributed by atoms with van der Waals surface area (Å²) < 4.78 is 5.54. The Morgan fingerprint density at radius 2 is 1.82 bits per heavy atom. The summed E-state index contributed by atoms with van der Waals surface area (Å²) in [5.41, 5.74) is 2.98. The summed E-state index contributed by atoms with van der Waals surface area (Å²) in [4.78, 5) is 0. The van der Waals surface area contributed by atoms with Crippen LogP contribution in [-0.4, -0.2) is 7.05 Å². The van der Waals surface area contributed by atoms with Gasteiger partial charge in [0.2, 0.25) is 0 Å². The molecule has 0 radical (unpaired) electrons. The Morgan fingerprint density at radius 1 is 1.12 bits per heavy atom. The van der Waals surface area contributed by atoms with Crippen LogP contribution in [0.5, 0.6) is 0 Å².